The fraction of sp³-hybridized carbons (Fsp3) is 0.250. The van der Waals surface area contributed by atoms with E-state index in [9.17, 15) is 13.6 Å². The van der Waals surface area contributed by atoms with Crippen LogP contribution in [0.25, 0.3) is 11.4 Å². The van der Waals surface area contributed by atoms with Crippen LogP contribution in [0.15, 0.2) is 51.5 Å². The highest BCUT2D eigenvalue weighted by Crippen LogP contribution is 2.29. The van der Waals surface area contributed by atoms with Crippen molar-refractivity contribution in [1.29, 1.82) is 0 Å². The summed E-state index contributed by atoms with van der Waals surface area (Å²) in [5.74, 6) is -0.489. The third-order valence-corrected chi connectivity index (χ3v) is 5.43. The first-order chi connectivity index (χ1) is 13.5. The summed E-state index contributed by atoms with van der Waals surface area (Å²) in [7, 11) is 0. The number of carbonyl (C=O) groups excluding carboxylic acids is 1. The van der Waals surface area contributed by atoms with Crippen molar-refractivity contribution in [2.24, 2.45) is 0 Å². The number of hydrogen-bond donors (Lipinski definition) is 0. The molecule has 1 unspecified atom stereocenters. The van der Waals surface area contributed by atoms with Crippen molar-refractivity contribution in [3.8, 4) is 11.4 Å². The van der Waals surface area contributed by atoms with Crippen molar-refractivity contribution in [2.75, 3.05) is 13.1 Å². The maximum Gasteiger partial charge on any atom is 0.255 e. The van der Waals surface area contributed by atoms with Gasteiger partial charge in [0.05, 0.1) is 11.5 Å². The monoisotopic (exact) mass is 447 g/mol. The lowest BCUT2D eigenvalue weighted by Crippen LogP contribution is -2.39. The van der Waals surface area contributed by atoms with Gasteiger partial charge in [-0.15, -0.1) is 0 Å². The highest BCUT2D eigenvalue weighted by molar-refractivity contribution is 9.10. The minimum Gasteiger partial charge on any atom is -0.339 e. The van der Waals surface area contributed by atoms with Gasteiger partial charge in [-0.1, -0.05) is 17.3 Å². The summed E-state index contributed by atoms with van der Waals surface area (Å²) in [4.78, 5) is 18.9. The number of benzene rings is 2. The second-order valence-electron chi connectivity index (χ2n) is 6.68. The van der Waals surface area contributed by atoms with Gasteiger partial charge in [-0.25, -0.2) is 8.78 Å². The van der Waals surface area contributed by atoms with E-state index in [2.05, 4.69) is 26.1 Å². The lowest BCUT2D eigenvalue weighted by Gasteiger charge is -2.31. The number of amides is 1. The smallest absolute Gasteiger partial charge is 0.255 e. The molecule has 2 heterocycles. The fourth-order valence-corrected chi connectivity index (χ4v) is 3.76. The SMILES string of the molecule is O=C(c1cc(F)ccc1Br)N1CCCC(c2nc(-c3cccc(F)c3)no2)C1. The molecule has 0 saturated carbocycles. The predicted molar refractivity (Wildman–Crippen MR) is 102 cm³/mol. The number of hydrogen-bond acceptors (Lipinski definition) is 4. The van der Waals surface area contributed by atoms with E-state index >= 15 is 0 Å². The Balaban J connectivity index is 1.53. The standard InChI is InChI=1S/C20H16BrF2N3O2/c21-17-7-6-15(23)10-16(17)20(27)26-8-2-4-13(11-26)19-24-18(25-28-19)12-3-1-5-14(22)9-12/h1,3,5-7,9-10,13H,2,4,8,11H2. The van der Waals surface area contributed by atoms with Gasteiger partial charge in [-0.3, -0.25) is 4.79 Å². The van der Waals surface area contributed by atoms with Gasteiger partial charge in [-0.05, 0) is 59.1 Å². The summed E-state index contributed by atoms with van der Waals surface area (Å²) in [5, 5.41) is 3.94. The van der Waals surface area contributed by atoms with Gasteiger partial charge < -0.3 is 9.42 Å². The van der Waals surface area contributed by atoms with E-state index in [4.69, 9.17) is 4.52 Å². The van der Waals surface area contributed by atoms with Gasteiger partial charge in [0.15, 0.2) is 0 Å². The van der Waals surface area contributed by atoms with E-state index in [0.717, 1.165) is 12.8 Å². The van der Waals surface area contributed by atoms with Crippen LogP contribution in [-0.4, -0.2) is 34.0 Å². The minimum absolute atomic E-state index is 0.125. The van der Waals surface area contributed by atoms with Crippen LogP contribution in [0.4, 0.5) is 8.78 Å². The average molecular weight is 448 g/mol. The van der Waals surface area contributed by atoms with E-state index < -0.39 is 5.82 Å². The molecule has 1 fully saturated rings. The zero-order valence-electron chi connectivity index (χ0n) is 14.7. The summed E-state index contributed by atoms with van der Waals surface area (Å²) in [5.41, 5.74) is 0.814. The minimum atomic E-state index is -0.461. The van der Waals surface area contributed by atoms with Crippen molar-refractivity contribution < 1.29 is 18.1 Å². The molecule has 1 aliphatic heterocycles. The third kappa shape index (κ3) is 3.82. The Bertz CT molecular complexity index is 1020. The molecule has 0 bridgehead atoms. The van der Waals surface area contributed by atoms with Crippen LogP contribution in [-0.2, 0) is 0 Å². The Morgan fingerprint density at radius 3 is 2.82 bits per heavy atom. The molecule has 0 radical (unpaired) electrons. The molecule has 1 aliphatic rings. The zero-order valence-corrected chi connectivity index (χ0v) is 16.3. The fourth-order valence-electron chi connectivity index (χ4n) is 3.34. The van der Waals surface area contributed by atoms with E-state index in [0.29, 0.717) is 34.8 Å². The van der Waals surface area contributed by atoms with Crippen LogP contribution in [0.5, 0.6) is 0 Å². The average Bonchev–Trinajstić information content (AvgIpc) is 3.20. The molecule has 0 N–H and O–H groups in total. The van der Waals surface area contributed by atoms with Gasteiger partial charge in [0.2, 0.25) is 11.7 Å². The molecule has 8 heteroatoms. The van der Waals surface area contributed by atoms with Crippen molar-refractivity contribution in [3.05, 3.63) is 70.0 Å². The van der Waals surface area contributed by atoms with Gasteiger partial charge in [-0.2, -0.15) is 4.98 Å². The van der Waals surface area contributed by atoms with Gasteiger partial charge in [0.25, 0.3) is 5.91 Å². The molecule has 4 rings (SSSR count). The van der Waals surface area contributed by atoms with Gasteiger partial charge in [0, 0.05) is 23.1 Å². The van der Waals surface area contributed by atoms with Crippen molar-refractivity contribution in [1.82, 2.24) is 15.0 Å². The Morgan fingerprint density at radius 2 is 2.00 bits per heavy atom. The van der Waals surface area contributed by atoms with E-state index in [1.54, 1.807) is 17.0 Å². The Morgan fingerprint density at radius 1 is 1.18 bits per heavy atom. The van der Waals surface area contributed by atoms with Crippen molar-refractivity contribution in [2.45, 2.75) is 18.8 Å². The number of aromatic nitrogens is 2. The van der Waals surface area contributed by atoms with Crippen LogP contribution in [0.2, 0.25) is 0 Å². The molecule has 1 amide bonds. The van der Waals surface area contributed by atoms with Crippen LogP contribution < -0.4 is 0 Å². The summed E-state index contributed by atoms with van der Waals surface area (Å²) < 4.78 is 32.9. The largest absolute Gasteiger partial charge is 0.339 e. The number of piperidine rings is 1. The Labute approximate surface area is 168 Å². The maximum absolute atomic E-state index is 13.6. The molecule has 2 aromatic carbocycles. The quantitative estimate of drug-likeness (QED) is 0.578. The molecular formula is C20H16BrF2N3O2. The van der Waals surface area contributed by atoms with Crippen LogP contribution >= 0.6 is 15.9 Å². The van der Waals surface area contributed by atoms with Crippen LogP contribution in [0.3, 0.4) is 0 Å². The lowest BCUT2D eigenvalue weighted by molar-refractivity contribution is 0.0694. The Hall–Kier alpha value is -2.61. The van der Waals surface area contributed by atoms with E-state index in [-0.39, 0.29) is 23.2 Å². The number of halogens is 3. The number of nitrogens with zero attached hydrogens (tertiary/aromatic N) is 3. The topological polar surface area (TPSA) is 59.2 Å². The molecule has 1 aromatic heterocycles. The van der Waals surface area contributed by atoms with Crippen molar-refractivity contribution in [3.63, 3.8) is 0 Å². The van der Waals surface area contributed by atoms with Crippen LogP contribution in [0, 0.1) is 11.6 Å². The summed E-state index contributed by atoms with van der Waals surface area (Å²) >= 11 is 3.31. The highest BCUT2D eigenvalue weighted by Gasteiger charge is 2.30. The molecule has 3 aromatic rings. The molecule has 5 nitrogen and oxygen atoms in total. The molecule has 1 atom stereocenters. The van der Waals surface area contributed by atoms with E-state index in [1.165, 1.54) is 30.3 Å². The second-order valence-corrected chi connectivity index (χ2v) is 7.54. The highest BCUT2D eigenvalue weighted by atomic mass is 79.9. The lowest BCUT2D eigenvalue weighted by atomic mass is 9.97. The molecule has 1 saturated heterocycles. The van der Waals surface area contributed by atoms with Crippen LogP contribution in [0.1, 0.15) is 35.0 Å². The van der Waals surface area contributed by atoms with Gasteiger partial charge >= 0.3 is 0 Å². The van der Waals surface area contributed by atoms with Gasteiger partial charge in [0.1, 0.15) is 11.6 Å². The molecule has 144 valence electrons. The zero-order chi connectivity index (χ0) is 19.7. The predicted octanol–water partition coefficient (Wildman–Crippen LogP) is 4.80. The number of carbonyl (C=O) groups is 1. The summed E-state index contributed by atoms with van der Waals surface area (Å²) in [6.45, 7) is 0.968. The van der Waals surface area contributed by atoms with Crippen molar-refractivity contribution >= 4 is 21.8 Å². The Kier molecular flexibility index (Phi) is 5.21. The normalized spacial score (nSPS) is 17.0. The maximum atomic E-state index is 13.6. The summed E-state index contributed by atoms with van der Waals surface area (Å²) in [6, 6.07) is 10.0. The molecule has 28 heavy (non-hydrogen) atoms. The molecule has 0 spiro atoms. The van der Waals surface area contributed by atoms with E-state index in [1.807, 2.05) is 0 Å². The first-order valence-corrected chi connectivity index (χ1v) is 9.64. The first kappa shape index (κ1) is 18.7. The number of likely N-dealkylation sites (tertiary alicyclic amines) is 1. The summed E-state index contributed by atoms with van der Waals surface area (Å²) in [6.07, 6.45) is 1.56. The third-order valence-electron chi connectivity index (χ3n) is 4.74. The second kappa shape index (κ2) is 7.79. The number of rotatable bonds is 3. The molecule has 0 aliphatic carbocycles. The molecular weight excluding hydrogens is 432 g/mol. The first-order valence-electron chi connectivity index (χ1n) is 8.85.